The molecule has 0 aliphatic heterocycles. The third-order valence-electron chi connectivity index (χ3n) is 1.86. The lowest BCUT2D eigenvalue weighted by molar-refractivity contribution is 0.172. The number of nitrogen functional groups attached to an aromatic ring is 1. The zero-order valence-corrected chi connectivity index (χ0v) is 8.60. The molecule has 0 saturated heterocycles. The van der Waals surface area contributed by atoms with Gasteiger partial charge in [0, 0.05) is 26.2 Å². The molecule has 0 heterocycles. The summed E-state index contributed by atoms with van der Waals surface area (Å²) in [6.07, 6.45) is 0.796. The van der Waals surface area contributed by atoms with E-state index in [9.17, 15) is 4.91 Å². The lowest BCUT2D eigenvalue weighted by atomic mass is 10.2. The van der Waals surface area contributed by atoms with Gasteiger partial charge in [-0.1, -0.05) is 0 Å². The Labute approximate surface area is 88.2 Å². The third-order valence-corrected chi connectivity index (χ3v) is 1.86. The van der Waals surface area contributed by atoms with Crippen LogP contribution in [-0.4, -0.2) is 20.3 Å². The average Bonchev–Trinajstić information content (AvgIpc) is 2.26. The minimum atomic E-state index is 0.208. The molecule has 5 nitrogen and oxygen atoms in total. The Kier molecular flexibility index (Phi) is 4.56. The van der Waals surface area contributed by atoms with E-state index in [-0.39, 0.29) is 5.69 Å². The summed E-state index contributed by atoms with van der Waals surface area (Å²) in [5.41, 5.74) is 6.07. The van der Waals surface area contributed by atoms with E-state index in [4.69, 9.17) is 15.2 Å². The molecule has 1 aromatic carbocycles. The monoisotopic (exact) mass is 210 g/mol. The number of hydrogen-bond acceptors (Lipinski definition) is 5. The van der Waals surface area contributed by atoms with Gasteiger partial charge in [-0.25, -0.2) is 0 Å². The average molecular weight is 210 g/mol. The summed E-state index contributed by atoms with van der Waals surface area (Å²) in [6.45, 7) is 1.18. The number of nitrogens with zero attached hydrogens (tertiary/aromatic N) is 1. The van der Waals surface area contributed by atoms with Crippen molar-refractivity contribution in [2.45, 2.75) is 6.42 Å². The van der Waals surface area contributed by atoms with Crippen LogP contribution in [0.4, 0.5) is 11.4 Å². The van der Waals surface area contributed by atoms with Crippen LogP contribution in [-0.2, 0) is 4.74 Å². The van der Waals surface area contributed by atoms with Gasteiger partial charge in [-0.05, 0) is 17.3 Å². The van der Waals surface area contributed by atoms with Crippen molar-refractivity contribution in [1.29, 1.82) is 0 Å². The first-order valence-corrected chi connectivity index (χ1v) is 4.62. The molecule has 0 unspecified atom stereocenters. The normalized spacial score (nSPS) is 9.93. The fourth-order valence-electron chi connectivity index (χ4n) is 1.09. The van der Waals surface area contributed by atoms with Crippen molar-refractivity contribution in [2.75, 3.05) is 26.1 Å². The molecule has 0 aliphatic carbocycles. The Morgan fingerprint density at radius 1 is 1.40 bits per heavy atom. The van der Waals surface area contributed by atoms with E-state index in [1.54, 1.807) is 19.2 Å². The summed E-state index contributed by atoms with van der Waals surface area (Å²) in [7, 11) is 1.64. The van der Waals surface area contributed by atoms with Gasteiger partial charge in [0.05, 0.1) is 12.3 Å². The van der Waals surface area contributed by atoms with Crippen LogP contribution in [0.2, 0.25) is 0 Å². The van der Waals surface area contributed by atoms with Crippen molar-refractivity contribution in [3.05, 3.63) is 23.1 Å². The fourth-order valence-corrected chi connectivity index (χ4v) is 1.09. The van der Waals surface area contributed by atoms with Gasteiger partial charge in [0.15, 0.2) is 0 Å². The van der Waals surface area contributed by atoms with E-state index >= 15 is 0 Å². The van der Waals surface area contributed by atoms with Crippen LogP contribution in [0, 0.1) is 4.91 Å². The predicted molar refractivity (Wildman–Crippen MR) is 58.3 cm³/mol. The van der Waals surface area contributed by atoms with E-state index in [0.29, 0.717) is 24.7 Å². The topological polar surface area (TPSA) is 73.9 Å². The molecule has 0 bridgehead atoms. The van der Waals surface area contributed by atoms with Crippen LogP contribution in [0.15, 0.2) is 23.4 Å². The minimum absolute atomic E-state index is 0.208. The number of hydrogen-bond donors (Lipinski definition) is 1. The van der Waals surface area contributed by atoms with Crippen molar-refractivity contribution in [1.82, 2.24) is 0 Å². The van der Waals surface area contributed by atoms with Gasteiger partial charge in [0.2, 0.25) is 0 Å². The molecule has 0 fully saturated rings. The van der Waals surface area contributed by atoms with Crippen molar-refractivity contribution in [3.63, 3.8) is 0 Å². The molecule has 0 saturated carbocycles. The highest BCUT2D eigenvalue weighted by molar-refractivity contribution is 5.64. The maximum absolute atomic E-state index is 10.4. The van der Waals surface area contributed by atoms with Gasteiger partial charge < -0.3 is 15.2 Å². The van der Waals surface area contributed by atoms with Gasteiger partial charge in [-0.15, -0.1) is 4.91 Å². The summed E-state index contributed by atoms with van der Waals surface area (Å²) >= 11 is 0. The molecule has 0 radical (unpaired) electrons. The van der Waals surface area contributed by atoms with Gasteiger partial charge in [-0.3, -0.25) is 0 Å². The van der Waals surface area contributed by atoms with Gasteiger partial charge >= 0.3 is 0 Å². The van der Waals surface area contributed by atoms with Crippen molar-refractivity contribution in [3.8, 4) is 5.75 Å². The molecular formula is C10H14N2O3. The highest BCUT2D eigenvalue weighted by Gasteiger charge is 2.01. The van der Waals surface area contributed by atoms with Crippen molar-refractivity contribution >= 4 is 11.4 Å². The van der Waals surface area contributed by atoms with Crippen molar-refractivity contribution < 1.29 is 9.47 Å². The van der Waals surface area contributed by atoms with E-state index in [0.717, 1.165) is 6.42 Å². The molecule has 0 aromatic heterocycles. The van der Waals surface area contributed by atoms with E-state index in [1.165, 1.54) is 6.07 Å². The second-order valence-corrected chi connectivity index (χ2v) is 3.01. The maximum Gasteiger partial charge on any atom is 0.134 e. The zero-order chi connectivity index (χ0) is 11.1. The lowest BCUT2D eigenvalue weighted by Crippen LogP contribution is -2.01. The van der Waals surface area contributed by atoms with Crippen LogP contribution >= 0.6 is 0 Å². The molecule has 1 aromatic rings. The Morgan fingerprint density at radius 2 is 2.20 bits per heavy atom. The number of methoxy groups -OCH3 is 1. The molecule has 0 spiro atoms. The van der Waals surface area contributed by atoms with Crippen LogP contribution in [0.3, 0.4) is 0 Å². The molecular weight excluding hydrogens is 196 g/mol. The quantitative estimate of drug-likeness (QED) is 0.443. The molecule has 0 aliphatic rings. The smallest absolute Gasteiger partial charge is 0.134 e. The minimum Gasteiger partial charge on any atom is -0.493 e. The largest absolute Gasteiger partial charge is 0.493 e. The molecule has 5 heteroatoms. The van der Waals surface area contributed by atoms with Crippen LogP contribution in [0.25, 0.3) is 0 Å². The summed E-state index contributed by atoms with van der Waals surface area (Å²) in [5, 5.41) is 2.80. The Hall–Kier alpha value is -1.62. The summed E-state index contributed by atoms with van der Waals surface area (Å²) < 4.78 is 10.2. The first-order chi connectivity index (χ1) is 7.27. The number of ether oxygens (including phenoxy) is 2. The molecule has 82 valence electrons. The second kappa shape index (κ2) is 5.98. The van der Waals surface area contributed by atoms with E-state index < -0.39 is 0 Å². The Morgan fingerprint density at radius 3 is 2.87 bits per heavy atom. The molecule has 15 heavy (non-hydrogen) atoms. The zero-order valence-electron chi connectivity index (χ0n) is 8.60. The lowest BCUT2D eigenvalue weighted by Gasteiger charge is -2.06. The predicted octanol–water partition coefficient (Wildman–Crippen LogP) is 2.08. The fraction of sp³-hybridized carbons (Fsp3) is 0.400. The van der Waals surface area contributed by atoms with Crippen LogP contribution < -0.4 is 10.5 Å². The Balaban J connectivity index is 2.51. The molecule has 2 N–H and O–H groups in total. The highest BCUT2D eigenvalue weighted by atomic mass is 16.5. The first-order valence-electron chi connectivity index (χ1n) is 4.62. The molecule has 1 rings (SSSR count). The molecule has 0 amide bonds. The Bertz CT molecular complexity index is 328. The number of benzene rings is 1. The van der Waals surface area contributed by atoms with Gasteiger partial charge in [-0.2, -0.15) is 0 Å². The van der Waals surface area contributed by atoms with Crippen LogP contribution in [0.5, 0.6) is 5.75 Å². The van der Waals surface area contributed by atoms with E-state index in [1.807, 2.05) is 0 Å². The van der Waals surface area contributed by atoms with Crippen LogP contribution in [0.1, 0.15) is 6.42 Å². The van der Waals surface area contributed by atoms with Gasteiger partial charge in [0.25, 0.3) is 0 Å². The van der Waals surface area contributed by atoms with E-state index in [2.05, 4.69) is 5.18 Å². The first kappa shape index (κ1) is 11.5. The summed E-state index contributed by atoms with van der Waals surface area (Å²) in [5.74, 6) is 0.593. The SMILES string of the molecule is COCCCOc1ccc(N)c(N=O)c1. The highest BCUT2D eigenvalue weighted by Crippen LogP contribution is 2.26. The van der Waals surface area contributed by atoms with Gasteiger partial charge in [0.1, 0.15) is 11.4 Å². The number of nitrogens with two attached hydrogens (primary N) is 1. The van der Waals surface area contributed by atoms with Crippen molar-refractivity contribution in [2.24, 2.45) is 5.18 Å². The molecule has 0 atom stereocenters. The second-order valence-electron chi connectivity index (χ2n) is 3.01. The maximum atomic E-state index is 10.4. The number of anilines is 1. The standard InChI is InChI=1S/C10H14N2O3/c1-14-5-2-6-15-8-3-4-9(11)10(7-8)12-13/h3-4,7H,2,5-6,11H2,1H3. The summed E-state index contributed by atoms with van der Waals surface area (Å²) in [4.78, 5) is 10.4. The third kappa shape index (κ3) is 3.55. The number of rotatable bonds is 6. The summed E-state index contributed by atoms with van der Waals surface area (Å²) in [6, 6.07) is 4.83. The number of nitroso groups, excluding NO2 is 1.